The van der Waals surface area contributed by atoms with Crippen LogP contribution in [0.4, 0.5) is 10.5 Å². The Morgan fingerprint density at radius 3 is 2.27 bits per heavy atom. The topological polar surface area (TPSA) is 52.6 Å². The van der Waals surface area contributed by atoms with Gasteiger partial charge in [-0.3, -0.25) is 4.79 Å². The second-order valence-corrected chi connectivity index (χ2v) is 8.46. The number of carbonyl (C=O) groups is 2. The van der Waals surface area contributed by atoms with Gasteiger partial charge in [-0.2, -0.15) is 0 Å². The highest BCUT2D eigenvalue weighted by Gasteiger charge is 2.48. The zero-order chi connectivity index (χ0) is 21.0. The predicted molar refractivity (Wildman–Crippen MR) is 120 cm³/mol. The number of benzene rings is 2. The average molecular weight is 406 g/mol. The standard InChI is InChI=1S/C25H31N3O2/c1-2-20-8-10-22(11-9-20)28-19-15-25(23(28)29)13-17-27(18-14-25)24(30)26-16-12-21-6-4-3-5-7-21/h3-11H,2,12-19H2,1H3,(H,26,30). The maximum absolute atomic E-state index is 13.2. The summed E-state index contributed by atoms with van der Waals surface area (Å²) in [6.45, 7) is 4.83. The van der Waals surface area contributed by atoms with Gasteiger partial charge in [-0.1, -0.05) is 49.4 Å². The largest absolute Gasteiger partial charge is 0.338 e. The Hall–Kier alpha value is -2.82. The Bertz CT molecular complexity index is 871. The van der Waals surface area contributed by atoms with Crippen LogP contribution in [-0.4, -0.2) is 43.0 Å². The third-order valence-corrected chi connectivity index (χ3v) is 6.71. The van der Waals surface area contributed by atoms with Gasteiger partial charge in [-0.25, -0.2) is 4.79 Å². The molecule has 1 spiro atoms. The van der Waals surface area contributed by atoms with Gasteiger partial charge in [0, 0.05) is 31.9 Å². The summed E-state index contributed by atoms with van der Waals surface area (Å²) in [5.74, 6) is 0.232. The molecule has 2 aromatic rings. The first-order valence-corrected chi connectivity index (χ1v) is 11.1. The van der Waals surface area contributed by atoms with Crippen molar-refractivity contribution in [1.29, 1.82) is 0 Å². The lowest BCUT2D eigenvalue weighted by Gasteiger charge is -2.37. The molecule has 30 heavy (non-hydrogen) atoms. The lowest BCUT2D eigenvalue weighted by atomic mass is 9.77. The van der Waals surface area contributed by atoms with Crippen molar-refractivity contribution in [2.45, 2.75) is 39.0 Å². The minimum Gasteiger partial charge on any atom is -0.338 e. The van der Waals surface area contributed by atoms with E-state index in [1.807, 2.05) is 28.0 Å². The minimum atomic E-state index is -0.301. The van der Waals surface area contributed by atoms with Crippen LogP contribution in [0.2, 0.25) is 0 Å². The molecule has 2 aliphatic heterocycles. The van der Waals surface area contributed by atoms with Crippen molar-refractivity contribution in [2.24, 2.45) is 5.41 Å². The molecular formula is C25H31N3O2. The van der Waals surface area contributed by atoms with Crippen LogP contribution < -0.4 is 10.2 Å². The van der Waals surface area contributed by atoms with Crippen LogP contribution in [0.25, 0.3) is 0 Å². The number of carbonyl (C=O) groups excluding carboxylic acids is 2. The molecular weight excluding hydrogens is 374 g/mol. The monoisotopic (exact) mass is 405 g/mol. The Morgan fingerprint density at radius 1 is 0.933 bits per heavy atom. The van der Waals surface area contributed by atoms with E-state index < -0.39 is 0 Å². The average Bonchev–Trinajstić information content (AvgIpc) is 3.10. The number of anilines is 1. The molecule has 158 valence electrons. The predicted octanol–water partition coefficient (Wildman–Crippen LogP) is 4.02. The van der Waals surface area contributed by atoms with Crippen LogP contribution in [0.15, 0.2) is 54.6 Å². The van der Waals surface area contributed by atoms with Crippen LogP contribution >= 0.6 is 0 Å². The van der Waals surface area contributed by atoms with Gasteiger partial charge in [0.1, 0.15) is 0 Å². The number of nitrogens with zero attached hydrogens (tertiary/aromatic N) is 2. The first kappa shape index (κ1) is 20.5. The molecule has 1 N–H and O–H groups in total. The van der Waals surface area contributed by atoms with Gasteiger partial charge in [0.05, 0.1) is 5.41 Å². The van der Waals surface area contributed by atoms with Crippen LogP contribution in [0.5, 0.6) is 0 Å². The van der Waals surface area contributed by atoms with Crippen molar-refractivity contribution < 1.29 is 9.59 Å². The number of rotatable bonds is 5. The summed E-state index contributed by atoms with van der Waals surface area (Å²) < 4.78 is 0. The SMILES string of the molecule is CCc1ccc(N2CCC3(CCN(C(=O)NCCc4ccccc4)CC3)C2=O)cc1. The number of likely N-dealkylation sites (tertiary alicyclic amines) is 1. The molecule has 0 atom stereocenters. The summed E-state index contributed by atoms with van der Waals surface area (Å²) >= 11 is 0. The van der Waals surface area contributed by atoms with Crippen molar-refractivity contribution in [3.8, 4) is 0 Å². The zero-order valence-electron chi connectivity index (χ0n) is 17.8. The van der Waals surface area contributed by atoms with Crippen molar-refractivity contribution >= 4 is 17.6 Å². The van der Waals surface area contributed by atoms with Crippen molar-refractivity contribution in [2.75, 3.05) is 31.1 Å². The van der Waals surface area contributed by atoms with Gasteiger partial charge in [0.2, 0.25) is 5.91 Å². The first-order chi connectivity index (χ1) is 14.6. The molecule has 5 nitrogen and oxygen atoms in total. The summed E-state index contributed by atoms with van der Waals surface area (Å²) in [5.41, 5.74) is 3.20. The molecule has 5 heteroatoms. The number of aryl methyl sites for hydroxylation is 1. The highest BCUT2D eigenvalue weighted by molar-refractivity contribution is 6.00. The van der Waals surface area contributed by atoms with Gasteiger partial charge >= 0.3 is 6.03 Å². The molecule has 0 bridgehead atoms. The number of urea groups is 1. The number of nitrogens with one attached hydrogen (secondary N) is 1. The van der Waals surface area contributed by atoms with Crippen LogP contribution in [-0.2, 0) is 17.6 Å². The van der Waals surface area contributed by atoms with Crippen LogP contribution in [0.3, 0.4) is 0 Å². The lowest BCUT2D eigenvalue weighted by Crippen LogP contribution is -2.49. The molecule has 0 aliphatic carbocycles. The summed E-state index contributed by atoms with van der Waals surface area (Å²) in [6.07, 6.45) is 4.21. The van der Waals surface area contributed by atoms with E-state index in [2.05, 4.69) is 48.6 Å². The smallest absolute Gasteiger partial charge is 0.317 e. The van der Waals surface area contributed by atoms with E-state index in [1.54, 1.807) is 0 Å². The number of amides is 3. The first-order valence-electron chi connectivity index (χ1n) is 11.1. The van der Waals surface area contributed by atoms with Gasteiger partial charge in [-0.05, 0) is 55.4 Å². The van der Waals surface area contributed by atoms with Crippen molar-refractivity contribution in [3.05, 3.63) is 65.7 Å². The van der Waals surface area contributed by atoms with E-state index in [0.29, 0.717) is 19.6 Å². The Labute approximate surface area is 179 Å². The van der Waals surface area contributed by atoms with Crippen LogP contribution in [0.1, 0.15) is 37.3 Å². The minimum absolute atomic E-state index is 0.0155. The van der Waals surface area contributed by atoms with Crippen molar-refractivity contribution in [3.63, 3.8) is 0 Å². The van der Waals surface area contributed by atoms with Crippen molar-refractivity contribution in [1.82, 2.24) is 10.2 Å². The maximum atomic E-state index is 13.2. The molecule has 2 aliphatic rings. The normalized spacial score (nSPS) is 18.1. The van der Waals surface area contributed by atoms with Gasteiger partial charge in [0.25, 0.3) is 0 Å². The zero-order valence-corrected chi connectivity index (χ0v) is 17.8. The van der Waals surface area contributed by atoms with Gasteiger partial charge in [-0.15, -0.1) is 0 Å². The summed E-state index contributed by atoms with van der Waals surface area (Å²) in [7, 11) is 0. The van der Waals surface area contributed by atoms with E-state index in [9.17, 15) is 9.59 Å². The lowest BCUT2D eigenvalue weighted by molar-refractivity contribution is -0.127. The summed E-state index contributed by atoms with van der Waals surface area (Å²) in [5, 5.41) is 3.03. The van der Waals surface area contributed by atoms with E-state index >= 15 is 0 Å². The number of hydrogen-bond acceptors (Lipinski definition) is 2. The Balaban J connectivity index is 1.29. The summed E-state index contributed by atoms with van der Waals surface area (Å²) in [4.78, 5) is 29.6. The highest BCUT2D eigenvalue weighted by atomic mass is 16.2. The quantitative estimate of drug-likeness (QED) is 0.817. The van der Waals surface area contributed by atoms with Crippen LogP contribution in [0, 0.1) is 5.41 Å². The molecule has 0 radical (unpaired) electrons. The fraction of sp³-hybridized carbons (Fsp3) is 0.440. The second kappa shape index (κ2) is 8.90. The van der Waals surface area contributed by atoms with Gasteiger partial charge in [0.15, 0.2) is 0 Å². The summed E-state index contributed by atoms with van der Waals surface area (Å²) in [6, 6.07) is 18.5. The number of piperidine rings is 1. The van der Waals surface area contributed by atoms with E-state index in [4.69, 9.17) is 0 Å². The molecule has 4 rings (SSSR count). The fourth-order valence-electron chi connectivity index (χ4n) is 4.65. The van der Waals surface area contributed by atoms with E-state index in [0.717, 1.165) is 44.3 Å². The Morgan fingerprint density at radius 2 is 1.60 bits per heavy atom. The fourth-order valence-corrected chi connectivity index (χ4v) is 4.65. The molecule has 2 fully saturated rings. The maximum Gasteiger partial charge on any atom is 0.317 e. The molecule has 0 aromatic heterocycles. The molecule has 3 amide bonds. The van der Waals surface area contributed by atoms with Gasteiger partial charge < -0.3 is 15.1 Å². The highest BCUT2D eigenvalue weighted by Crippen LogP contribution is 2.43. The third kappa shape index (κ3) is 4.20. The Kier molecular flexibility index (Phi) is 6.07. The molecule has 0 saturated carbocycles. The third-order valence-electron chi connectivity index (χ3n) is 6.71. The molecule has 0 unspecified atom stereocenters. The molecule has 2 heterocycles. The van der Waals surface area contributed by atoms with E-state index in [-0.39, 0.29) is 17.4 Å². The molecule has 2 aromatic carbocycles. The van der Waals surface area contributed by atoms with E-state index in [1.165, 1.54) is 11.1 Å². The molecule has 2 saturated heterocycles. The second-order valence-electron chi connectivity index (χ2n) is 8.46. The number of hydrogen-bond donors (Lipinski definition) is 1.